The number of halogens is 1. The highest BCUT2D eigenvalue weighted by atomic mass is 79.9. The van der Waals surface area contributed by atoms with Crippen molar-refractivity contribution in [2.75, 3.05) is 4.72 Å². The van der Waals surface area contributed by atoms with E-state index >= 15 is 0 Å². The number of aromatic amines is 1. The zero-order chi connectivity index (χ0) is 13.2. The molecule has 0 radical (unpaired) electrons. The van der Waals surface area contributed by atoms with Gasteiger partial charge in [0.05, 0.1) is 5.69 Å². The van der Waals surface area contributed by atoms with Crippen LogP contribution in [0.2, 0.25) is 0 Å². The summed E-state index contributed by atoms with van der Waals surface area (Å²) in [6.45, 7) is 0. The standard InChI is InChI=1S/C11H9BrN2O3S/c12-8-3-1-2-4-9(8)14-18(16,17)11-7-13-6-5-10(11)15/h1-7,14H,(H,13,15). The third-order valence-electron chi connectivity index (χ3n) is 2.20. The maximum Gasteiger partial charge on any atom is 0.267 e. The summed E-state index contributed by atoms with van der Waals surface area (Å²) in [6, 6.07) is 7.91. The van der Waals surface area contributed by atoms with Gasteiger partial charge >= 0.3 is 0 Å². The van der Waals surface area contributed by atoms with Crippen LogP contribution in [0.5, 0.6) is 0 Å². The highest BCUT2D eigenvalue weighted by Crippen LogP contribution is 2.23. The Hall–Kier alpha value is -1.60. The molecule has 94 valence electrons. The Labute approximate surface area is 112 Å². The first-order valence-corrected chi connectivity index (χ1v) is 7.23. The number of H-pyrrole nitrogens is 1. The SMILES string of the molecule is O=c1cc[nH]cc1S(=O)(=O)Nc1ccccc1Br. The van der Waals surface area contributed by atoms with Crippen LogP contribution < -0.4 is 10.2 Å². The molecular formula is C11H9BrN2O3S. The highest BCUT2D eigenvalue weighted by molar-refractivity contribution is 9.10. The fourth-order valence-corrected chi connectivity index (χ4v) is 3.00. The van der Waals surface area contributed by atoms with Crippen LogP contribution in [-0.4, -0.2) is 13.4 Å². The molecule has 5 nitrogen and oxygen atoms in total. The molecule has 0 aliphatic heterocycles. The molecule has 0 saturated carbocycles. The molecule has 0 spiro atoms. The first kappa shape index (κ1) is 12.8. The zero-order valence-corrected chi connectivity index (χ0v) is 11.5. The van der Waals surface area contributed by atoms with E-state index in [0.29, 0.717) is 10.2 Å². The molecule has 2 rings (SSSR count). The molecule has 0 fully saturated rings. The number of aromatic nitrogens is 1. The molecule has 0 unspecified atom stereocenters. The minimum Gasteiger partial charge on any atom is -0.366 e. The molecule has 0 aliphatic carbocycles. The number of nitrogens with one attached hydrogen (secondary N) is 2. The molecule has 1 heterocycles. The van der Waals surface area contributed by atoms with Gasteiger partial charge in [-0.05, 0) is 28.1 Å². The van der Waals surface area contributed by atoms with Crippen LogP contribution in [0.15, 0.2) is 56.9 Å². The Morgan fingerprint density at radius 3 is 2.56 bits per heavy atom. The smallest absolute Gasteiger partial charge is 0.267 e. The lowest BCUT2D eigenvalue weighted by atomic mass is 10.3. The second-order valence-electron chi connectivity index (χ2n) is 3.46. The highest BCUT2D eigenvalue weighted by Gasteiger charge is 2.18. The Morgan fingerprint density at radius 1 is 1.17 bits per heavy atom. The predicted molar refractivity (Wildman–Crippen MR) is 72.0 cm³/mol. The number of sulfonamides is 1. The van der Waals surface area contributed by atoms with Gasteiger partial charge in [0.2, 0.25) is 5.43 Å². The van der Waals surface area contributed by atoms with E-state index in [1.54, 1.807) is 24.3 Å². The van der Waals surface area contributed by atoms with Crippen molar-refractivity contribution in [3.05, 3.63) is 57.4 Å². The van der Waals surface area contributed by atoms with Gasteiger partial charge in [-0.3, -0.25) is 9.52 Å². The second-order valence-corrected chi connectivity index (χ2v) is 5.96. The van der Waals surface area contributed by atoms with Crippen molar-refractivity contribution < 1.29 is 8.42 Å². The molecule has 2 aromatic rings. The van der Waals surface area contributed by atoms with Crippen LogP contribution in [-0.2, 0) is 10.0 Å². The Kier molecular flexibility index (Phi) is 3.53. The number of hydrogen-bond acceptors (Lipinski definition) is 3. The van der Waals surface area contributed by atoms with Crippen molar-refractivity contribution in [3.63, 3.8) is 0 Å². The fourth-order valence-electron chi connectivity index (χ4n) is 1.35. The summed E-state index contributed by atoms with van der Waals surface area (Å²) in [7, 11) is -3.89. The van der Waals surface area contributed by atoms with Crippen molar-refractivity contribution >= 4 is 31.6 Å². The van der Waals surface area contributed by atoms with E-state index in [1.807, 2.05) is 0 Å². The molecule has 1 aromatic carbocycles. The van der Waals surface area contributed by atoms with Crippen molar-refractivity contribution in [2.45, 2.75) is 4.90 Å². The topological polar surface area (TPSA) is 79.0 Å². The van der Waals surface area contributed by atoms with Crippen molar-refractivity contribution in [1.82, 2.24) is 4.98 Å². The zero-order valence-electron chi connectivity index (χ0n) is 9.05. The average molecular weight is 329 g/mol. The van der Waals surface area contributed by atoms with Gasteiger partial charge in [-0.25, -0.2) is 8.42 Å². The van der Waals surface area contributed by atoms with Gasteiger partial charge < -0.3 is 4.98 Å². The molecule has 0 atom stereocenters. The minimum absolute atomic E-state index is 0.319. The maximum atomic E-state index is 12.0. The molecule has 2 N–H and O–H groups in total. The second kappa shape index (κ2) is 4.95. The number of hydrogen-bond donors (Lipinski definition) is 2. The van der Waals surface area contributed by atoms with Gasteiger partial charge in [0.25, 0.3) is 10.0 Å². The van der Waals surface area contributed by atoms with Crippen LogP contribution in [0.3, 0.4) is 0 Å². The summed E-state index contributed by atoms with van der Waals surface area (Å²) in [4.78, 5) is 13.7. The predicted octanol–water partition coefficient (Wildman–Crippen LogP) is 1.94. The molecule has 7 heteroatoms. The van der Waals surface area contributed by atoms with Gasteiger partial charge in [-0.2, -0.15) is 0 Å². The van der Waals surface area contributed by atoms with Crippen molar-refractivity contribution in [1.29, 1.82) is 0 Å². The van der Waals surface area contributed by atoms with E-state index in [1.165, 1.54) is 6.20 Å². The quantitative estimate of drug-likeness (QED) is 0.903. The summed E-state index contributed by atoms with van der Waals surface area (Å²) in [5.74, 6) is 0. The van der Waals surface area contributed by atoms with E-state index in [-0.39, 0.29) is 4.90 Å². The first-order valence-electron chi connectivity index (χ1n) is 4.95. The minimum atomic E-state index is -3.89. The number of pyridine rings is 1. The van der Waals surface area contributed by atoms with Crippen LogP contribution in [0.1, 0.15) is 0 Å². The molecular weight excluding hydrogens is 320 g/mol. The lowest BCUT2D eigenvalue weighted by Crippen LogP contribution is -2.21. The number of benzene rings is 1. The van der Waals surface area contributed by atoms with Crippen molar-refractivity contribution in [3.8, 4) is 0 Å². The Balaban J connectivity index is 2.43. The molecule has 18 heavy (non-hydrogen) atoms. The van der Waals surface area contributed by atoms with Crippen molar-refractivity contribution in [2.24, 2.45) is 0 Å². The third-order valence-corrected chi connectivity index (χ3v) is 4.27. The van der Waals surface area contributed by atoms with Crippen LogP contribution >= 0.6 is 15.9 Å². The fraction of sp³-hybridized carbons (Fsp3) is 0. The first-order chi connectivity index (χ1) is 8.50. The lowest BCUT2D eigenvalue weighted by Gasteiger charge is -2.08. The monoisotopic (exact) mass is 328 g/mol. The number of para-hydroxylation sites is 1. The van der Waals surface area contributed by atoms with Crippen LogP contribution in [0.25, 0.3) is 0 Å². The Morgan fingerprint density at radius 2 is 1.89 bits per heavy atom. The molecule has 1 aromatic heterocycles. The molecule has 0 aliphatic rings. The van der Waals surface area contributed by atoms with E-state index in [4.69, 9.17) is 0 Å². The average Bonchev–Trinajstić information content (AvgIpc) is 2.32. The third kappa shape index (κ3) is 2.62. The Bertz CT molecular complexity index is 725. The summed E-state index contributed by atoms with van der Waals surface area (Å²) in [5, 5.41) is 0. The van der Waals surface area contributed by atoms with Crippen LogP contribution in [0, 0.1) is 0 Å². The summed E-state index contributed by atoms with van der Waals surface area (Å²) >= 11 is 3.23. The maximum absolute atomic E-state index is 12.0. The molecule has 0 saturated heterocycles. The summed E-state index contributed by atoms with van der Waals surface area (Å²) in [6.07, 6.45) is 2.53. The van der Waals surface area contributed by atoms with Crippen LogP contribution in [0.4, 0.5) is 5.69 Å². The van der Waals surface area contributed by atoms with Gasteiger partial charge in [0.1, 0.15) is 0 Å². The van der Waals surface area contributed by atoms with Gasteiger partial charge in [-0.1, -0.05) is 12.1 Å². The van der Waals surface area contributed by atoms with Gasteiger partial charge in [0, 0.05) is 22.9 Å². The molecule has 0 amide bonds. The van der Waals surface area contributed by atoms with Gasteiger partial charge in [0.15, 0.2) is 4.90 Å². The normalized spacial score (nSPS) is 11.2. The van der Waals surface area contributed by atoms with Gasteiger partial charge in [-0.15, -0.1) is 0 Å². The lowest BCUT2D eigenvalue weighted by molar-refractivity contribution is 0.600. The number of anilines is 1. The van der Waals surface area contributed by atoms with E-state index < -0.39 is 15.5 Å². The number of rotatable bonds is 3. The largest absolute Gasteiger partial charge is 0.366 e. The van der Waals surface area contributed by atoms with E-state index in [0.717, 1.165) is 12.3 Å². The molecule has 0 bridgehead atoms. The van der Waals surface area contributed by atoms with E-state index in [9.17, 15) is 13.2 Å². The van der Waals surface area contributed by atoms with E-state index in [2.05, 4.69) is 25.6 Å². The summed E-state index contributed by atoms with van der Waals surface area (Å²) < 4.78 is 27.0. The summed E-state index contributed by atoms with van der Waals surface area (Å²) in [5.41, 5.74) is -0.186.